The van der Waals surface area contributed by atoms with Crippen LogP contribution in [-0.2, 0) is 6.42 Å². The fourth-order valence-corrected chi connectivity index (χ4v) is 2.03. The molecule has 3 rings (SSSR count). The molecule has 0 aliphatic carbocycles. The van der Waals surface area contributed by atoms with Gasteiger partial charge in [-0.05, 0) is 36.1 Å². The topological polar surface area (TPSA) is 56.7 Å². The molecule has 0 aliphatic heterocycles. The molecule has 4 nitrogen and oxygen atoms in total. The molecule has 0 unspecified atom stereocenters. The summed E-state index contributed by atoms with van der Waals surface area (Å²) >= 11 is 0. The molecule has 0 aliphatic rings. The van der Waals surface area contributed by atoms with Crippen LogP contribution in [0.15, 0.2) is 60.8 Å². The van der Waals surface area contributed by atoms with E-state index in [1.165, 1.54) is 11.1 Å². The minimum Gasteiger partial charge on any atom is -0.381 e. The van der Waals surface area contributed by atoms with Crippen molar-refractivity contribution in [3.63, 3.8) is 0 Å². The zero-order chi connectivity index (χ0) is 13.8. The number of aromatic nitrogens is 3. The van der Waals surface area contributed by atoms with Crippen molar-refractivity contribution in [3.8, 4) is 5.69 Å². The zero-order valence-electron chi connectivity index (χ0n) is 11.0. The Labute approximate surface area is 117 Å². The van der Waals surface area contributed by atoms with E-state index in [9.17, 15) is 0 Å². The first kappa shape index (κ1) is 12.4. The van der Waals surface area contributed by atoms with Crippen molar-refractivity contribution in [2.45, 2.75) is 6.42 Å². The molecule has 0 atom stereocenters. The van der Waals surface area contributed by atoms with Gasteiger partial charge in [0.2, 0.25) is 0 Å². The predicted molar refractivity (Wildman–Crippen MR) is 79.3 cm³/mol. The summed E-state index contributed by atoms with van der Waals surface area (Å²) in [5.74, 6) is 0.422. The second kappa shape index (κ2) is 5.57. The fourth-order valence-electron chi connectivity index (χ4n) is 2.03. The van der Waals surface area contributed by atoms with Gasteiger partial charge in [-0.1, -0.05) is 42.5 Å². The van der Waals surface area contributed by atoms with Crippen LogP contribution in [0.3, 0.4) is 0 Å². The van der Waals surface area contributed by atoms with Gasteiger partial charge in [0.15, 0.2) is 5.82 Å². The van der Waals surface area contributed by atoms with Gasteiger partial charge in [0, 0.05) is 0 Å². The molecule has 0 amide bonds. The Hall–Kier alpha value is -2.62. The summed E-state index contributed by atoms with van der Waals surface area (Å²) in [5.41, 5.74) is 8.94. The van der Waals surface area contributed by atoms with Crippen LogP contribution in [0.1, 0.15) is 11.1 Å². The van der Waals surface area contributed by atoms with Crippen LogP contribution in [0.4, 0.5) is 5.82 Å². The monoisotopic (exact) mass is 263 g/mol. The molecule has 1 heterocycles. The lowest BCUT2D eigenvalue weighted by Crippen LogP contribution is -2.00. The van der Waals surface area contributed by atoms with Crippen LogP contribution < -0.4 is 5.73 Å². The average molecular weight is 263 g/mol. The van der Waals surface area contributed by atoms with Crippen LogP contribution in [0.2, 0.25) is 0 Å². The predicted octanol–water partition coefficient (Wildman–Crippen LogP) is 2.64. The molecule has 4 heteroatoms. The van der Waals surface area contributed by atoms with Gasteiger partial charge >= 0.3 is 0 Å². The molecular formula is C16H15N4. The normalized spacial score (nSPS) is 10.6. The minimum absolute atomic E-state index is 0.422. The van der Waals surface area contributed by atoms with E-state index < -0.39 is 0 Å². The second-order valence-electron chi connectivity index (χ2n) is 4.55. The summed E-state index contributed by atoms with van der Waals surface area (Å²) in [6.45, 7) is 0. The molecule has 0 fully saturated rings. The van der Waals surface area contributed by atoms with Gasteiger partial charge < -0.3 is 5.73 Å². The molecule has 2 aromatic carbocycles. The van der Waals surface area contributed by atoms with Gasteiger partial charge in [0.05, 0.1) is 11.9 Å². The number of rotatable bonds is 4. The lowest BCUT2D eigenvalue weighted by Gasteiger charge is -2.04. The summed E-state index contributed by atoms with van der Waals surface area (Å²) in [6.07, 6.45) is 4.61. The second-order valence-corrected chi connectivity index (χ2v) is 4.55. The van der Waals surface area contributed by atoms with E-state index in [2.05, 4.69) is 40.9 Å². The summed E-state index contributed by atoms with van der Waals surface area (Å²) in [7, 11) is 0. The van der Waals surface area contributed by atoms with Crippen molar-refractivity contribution < 1.29 is 0 Å². The van der Waals surface area contributed by atoms with Crippen molar-refractivity contribution >= 4 is 5.82 Å². The minimum atomic E-state index is 0.422. The van der Waals surface area contributed by atoms with Crippen molar-refractivity contribution in [1.82, 2.24) is 15.0 Å². The van der Waals surface area contributed by atoms with Crippen molar-refractivity contribution in [2.24, 2.45) is 0 Å². The highest BCUT2D eigenvalue weighted by atomic mass is 15.5. The molecule has 0 spiro atoms. The number of nitrogens with two attached hydrogens (primary N) is 1. The zero-order valence-corrected chi connectivity index (χ0v) is 11.0. The SMILES string of the molecule is Nc1cnn(-c2cccc(C[CH]c3ccccc3)c2)n1. The molecule has 20 heavy (non-hydrogen) atoms. The molecule has 0 saturated heterocycles. The van der Waals surface area contributed by atoms with Gasteiger partial charge in [0.25, 0.3) is 0 Å². The summed E-state index contributed by atoms with van der Waals surface area (Å²) in [4.78, 5) is 1.54. The van der Waals surface area contributed by atoms with Crippen LogP contribution in [0.25, 0.3) is 5.69 Å². The highest BCUT2D eigenvalue weighted by molar-refractivity contribution is 5.37. The number of hydrogen-bond acceptors (Lipinski definition) is 3. The van der Waals surface area contributed by atoms with Gasteiger partial charge in [-0.3, -0.25) is 0 Å². The standard InChI is InChI=1S/C16H15N4/c17-16-12-18-20(19-16)15-8-4-7-14(11-15)10-9-13-5-2-1-3-6-13/h1-9,11-12H,10H2,(H2,17,19). The molecule has 0 bridgehead atoms. The van der Waals surface area contributed by atoms with Crippen molar-refractivity contribution in [1.29, 1.82) is 0 Å². The molecule has 99 valence electrons. The maximum absolute atomic E-state index is 5.59. The molecule has 0 saturated carbocycles. The molecule has 2 N–H and O–H groups in total. The number of anilines is 1. The van der Waals surface area contributed by atoms with Crippen LogP contribution >= 0.6 is 0 Å². The smallest absolute Gasteiger partial charge is 0.166 e. The molecule has 3 aromatic rings. The summed E-state index contributed by atoms with van der Waals surface area (Å²) in [6, 6.07) is 18.4. The van der Waals surface area contributed by atoms with E-state index in [1.54, 1.807) is 11.0 Å². The Kier molecular flexibility index (Phi) is 3.46. The third kappa shape index (κ3) is 2.85. The highest BCUT2D eigenvalue weighted by Crippen LogP contribution is 2.13. The number of nitrogens with zero attached hydrogens (tertiary/aromatic N) is 3. The Morgan fingerprint density at radius 1 is 1.05 bits per heavy atom. The maximum Gasteiger partial charge on any atom is 0.166 e. The first-order chi connectivity index (χ1) is 9.81. The largest absolute Gasteiger partial charge is 0.381 e. The summed E-state index contributed by atoms with van der Waals surface area (Å²) in [5, 5.41) is 8.23. The van der Waals surface area contributed by atoms with E-state index in [0.717, 1.165) is 12.1 Å². The highest BCUT2D eigenvalue weighted by Gasteiger charge is 2.02. The van der Waals surface area contributed by atoms with Crippen LogP contribution in [-0.4, -0.2) is 15.0 Å². The molecule has 1 radical (unpaired) electrons. The van der Waals surface area contributed by atoms with Crippen molar-refractivity contribution in [3.05, 3.63) is 78.3 Å². The first-order valence-electron chi connectivity index (χ1n) is 6.47. The lowest BCUT2D eigenvalue weighted by molar-refractivity contribution is 0.753. The average Bonchev–Trinajstić information content (AvgIpc) is 2.93. The van der Waals surface area contributed by atoms with Gasteiger partial charge in [0.1, 0.15) is 0 Å². The Morgan fingerprint density at radius 2 is 1.90 bits per heavy atom. The van der Waals surface area contributed by atoms with Gasteiger partial charge in [-0.2, -0.15) is 5.10 Å². The van der Waals surface area contributed by atoms with Gasteiger partial charge in [-0.25, -0.2) is 0 Å². The van der Waals surface area contributed by atoms with E-state index >= 15 is 0 Å². The van der Waals surface area contributed by atoms with E-state index in [0.29, 0.717) is 5.82 Å². The number of hydrogen-bond donors (Lipinski definition) is 1. The van der Waals surface area contributed by atoms with Gasteiger partial charge in [-0.15, -0.1) is 9.90 Å². The third-order valence-electron chi connectivity index (χ3n) is 3.02. The van der Waals surface area contributed by atoms with Crippen LogP contribution in [0.5, 0.6) is 0 Å². The Bertz CT molecular complexity index is 688. The van der Waals surface area contributed by atoms with E-state index in [1.807, 2.05) is 30.3 Å². The third-order valence-corrected chi connectivity index (χ3v) is 3.02. The Balaban J connectivity index is 1.75. The van der Waals surface area contributed by atoms with Crippen molar-refractivity contribution in [2.75, 3.05) is 5.73 Å². The van der Waals surface area contributed by atoms with Crippen LogP contribution in [0, 0.1) is 6.42 Å². The van der Waals surface area contributed by atoms with E-state index in [-0.39, 0.29) is 0 Å². The quantitative estimate of drug-likeness (QED) is 0.787. The molecule has 1 aromatic heterocycles. The lowest BCUT2D eigenvalue weighted by atomic mass is 10.0. The summed E-state index contributed by atoms with van der Waals surface area (Å²) < 4.78 is 0. The Morgan fingerprint density at radius 3 is 2.65 bits per heavy atom. The maximum atomic E-state index is 5.59. The molecular weight excluding hydrogens is 248 g/mol. The number of nitrogen functional groups attached to an aromatic ring is 1. The van der Waals surface area contributed by atoms with E-state index in [4.69, 9.17) is 5.73 Å². The first-order valence-corrected chi connectivity index (χ1v) is 6.47. The fraction of sp³-hybridized carbons (Fsp3) is 0.0625. The number of benzene rings is 2.